The highest BCUT2D eigenvalue weighted by atomic mass is 79.9. The third kappa shape index (κ3) is 3.97. The summed E-state index contributed by atoms with van der Waals surface area (Å²) >= 11 is 12.4. The maximum absolute atomic E-state index is 12.5. The molecular formula is C13H11Br2ClN2O2S. The van der Waals surface area contributed by atoms with Gasteiger partial charge in [-0.05, 0) is 52.2 Å². The first-order valence-electron chi connectivity index (χ1n) is 5.96. The van der Waals surface area contributed by atoms with Crippen molar-refractivity contribution in [2.45, 2.75) is 18.2 Å². The van der Waals surface area contributed by atoms with Crippen LogP contribution in [0.5, 0.6) is 0 Å². The fourth-order valence-electron chi connectivity index (χ4n) is 1.75. The Morgan fingerprint density at radius 2 is 1.95 bits per heavy atom. The smallest absolute Gasteiger partial charge is 0.265 e. The molecule has 0 unspecified atom stereocenters. The number of aryl methyl sites for hydroxylation is 1. The first kappa shape index (κ1) is 16.7. The second-order valence-corrected chi connectivity index (χ2v) is 8.04. The molecule has 0 aliphatic heterocycles. The number of halogens is 3. The summed E-state index contributed by atoms with van der Waals surface area (Å²) < 4.78 is 28.9. The fraction of sp³-hybridized carbons (Fsp3) is 0.154. The standard InChI is InChI=1S/C13H11Br2ClN2O2S/c1-2-8-5-9(14)3-4-11(8)18-21(19,20)12-6-10(15)7-17-13(12)16/h3-7,18H,2H2,1H3. The molecule has 0 saturated heterocycles. The van der Waals surface area contributed by atoms with Gasteiger partial charge in [0.25, 0.3) is 10.0 Å². The summed E-state index contributed by atoms with van der Waals surface area (Å²) in [5.41, 5.74) is 1.41. The molecule has 21 heavy (non-hydrogen) atoms. The summed E-state index contributed by atoms with van der Waals surface area (Å²) in [5.74, 6) is 0. The van der Waals surface area contributed by atoms with Crippen LogP contribution in [0, 0.1) is 0 Å². The minimum absolute atomic E-state index is 0.0662. The van der Waals surface area contributed by atoms with Crippen molar-refractivity contribution in [2.75, 3.05) is 4.72 Å². The number of nitrogens with one attached hydrogen (secondary N) is 1. The van der Waals surface area contributed by atoms with Crippen molar-refractivity contribution in [1.29, 1.82) is 0 Å². The summed E-state index contributed by atoms with van der Waals surface area (Å²) in [6.07, 6.45) is 2.14. The summed E-state index contributed by atoms with van der Waals surface area (Å²) in [6.45, 7) is 1.95. The third-order valence-electron chi connectivity index (χ3n) is 2.76. The van der Waals surface area contributed by atoms with Gasteiger partial charge >= 0.3 is 0 Å². The lowest BCUT2D eigenvalue weighted by molar-refractivity contribution is 0.600. The van der Waals surface area contributed by atoms with E-state index in [0.29, 0.717) is 16.6 Å². The quantitative estimate of drug-likeness (QED) is 0.686. The molecule has 1 aromatic heterocycles. The molecule has 0 bridgehead atoms. The van der Waals surface area contributed by atoms with E-state index in [2.05, 4.69) is 41.6 Å². The lowest BCUT2D eigenvalue weighted by Crippen LogP contribution is -2.15. The maximum atomic E-state index is 12.5. The number of benzene rings is 1. The molecular weight excluding hydrogens is 443 g/mol. The molecule has 1 aromatic carbocycles. The monoisotopic (exact) mass is 452 g/mol. The van der Waals surface area contributed by atoms with E-state index in [9.17, 15) is 8.42 Å². The Kier molecular flexibility index (Phi) is 5.29. The predicted octanol–water partition coefficient (Wildman–Crippen LogP) is 4.62. The zero-order valence-corrected chi connectivity index (χ0v) is 15.6. The van der Waals surface area contributed by atoms with Gasteiger partial charge in [-0.3, -0.25) is 4.72 Å². The number of hydrogen-bond donors (Lipinski definition) is 1. The van der Waals surface area contributed by atoms with Crippen LogP contribution in [0.1, 0.15) is 12.5 Å². The number of pyridine rings is 1. The lowest BCUT2D eigenvalue weighted by Gasteiger charge is -2.13. The highest BCUT2D eigenvalue weighted by Crippen LogP contribution is 2.27. The van der Waals surface area contributed by atoms with Gasteiger partial charge in [-0.25, -0.2) is 13.4 Å². The molecule has 2 rings (SSSR count). The van der Waals surface area contributed by atoms with E-state index in [4.69, 9.17) is 11.6 Å². The van der Waals surface area contributed by atoms with Gasteiger partial charge < -0.3 is 0 Å². The first-order chi connectivity index (χ1) is 9.83. The Balaban J connectivity index is 2.45. The van der Waals surface area contributed by atoms with Gasteiger partial charge in [0.15, 0.2) is 0 Å². The van der Waals surface area contributed by atoms with Crippen molar-refractivity contribution in [3.05, 3.63) is 50.1 Å². The molecule has 0 amide bonds. The SMILES string of the molecule is CCc1cc(Br)ccc1NS(=O)(=O)c1cc(Br)cnc1Cl. The van der Waals surface area contributed by atoms with E-state index in [-0.39, 0.29) is 10.0 Å². The molecule has 0 aliphatic rings. The number of sulfonamides is 1. The van der Waals surface area contributed by atoms with Crippen LogP contribution in [0.4, 0.5) is 5.69 Å². The molecule has 0 aliphatic carbocycles. The Hall–Kier alpha value is -0.630. The van der Waals surface area contributed by atoms with Gasteiger partial charge in [-0.15, -0.1) is 0 Å². The summed E-state index contributed by atoms with van der Waals surface area (Å²) in [5, 5.41) is -0.0686. The predicted molar refractivity (Wildman–Crippen MR) is 91.3 cm³/mol. The van der Waals surface area contributed by atoms with Crippen LogP contribution in [0.15, 0.2) is 44.3 Å². The Labute approximate surface area is 145 Å². The fourth-order valence-corrected chi connectivity index (χ4v) is 4.20. The Bertz CT molecular complexity index is 782. The van der Waals surface area contributed by atoms with Crippen molar-refractivity contribution in [2.24, 2.45) is 0 Å². The van der Waals surface area contributed by atoms with Crippen molar-refractivity contribution in [3.8, 4) is 0 Å². The molecule has 0 atom stereocenters. The van der Waals surface area contributed by atoms with Crippen LogP contribution in [-0.2, 0) is 16.4 Å². The van der Waals surface area contributed by atoms with E-state index in [0.717, 1.165) is 10.0 Å². The van der Waals surface area contributed by atoms with Crippen LogP contribution in [0.25, 0.3) is 0 Å². The first-order valence-corrected chi connectivity index (χ1v) is 9.40. The molecule has 4 nitrogen and oxygen atoms in total. The highest BCUT2D eigenvalue weighted by Gasteiger charge is 2.20. The Morgan fingerprint density at radius 1 is 1.24 bits per heavy atom. The van der Waals surface area contributed by atoms with Crippen molar-refractivity contribution >= 4 is 59.2 Å². The second kappa shape index (κ2) is 6.64. The van der Waals surface area contributed by atoms with E-state index < -0.39 is 10.0 Å². The average molecular weight is 455 g/mol. The number of anilines is 1. The highest BCUT2D eigenvalue weighted by molar-refractivity contribution is 9.10. The summed E-state index contributed by atoms with van der Waals surface area (Å²) in [7, 11) is -3.80. The van der Waals surface area contributed by atoms with E-state index in [1.165, 1.54) is 12.3 Å². The average Bonchev–Trinajstić information content (AvgIpc) is 2.43. The molecule has 8 heteroatoms. The molecule has 0 radical (unpaired) electrons. The zero-order valence-electron chi connectivity index (χ0n) is 10.9. The van der Waals surface area contributed by atoms with Crippen LogP contribution < -0.4 is 4.72 Å². The van der Waals surface area contributed by atoms with Crippen molar-refractivity contribution in [1.82, 2.24) is 4.98 Å². The van der Waals surface area contributed by atoms with Crippen LogP contribution in [0.2, 0.25) is 5.15 Å². The lowest BCUT2D eigenvalue weighted by atomic mass is 10.1. The largest absolute Gasteiger partial charge is 0.279 e. The molecule has 0 spiro atoms. The van der Waals surface area contributed by atoms with E-state index in [1.54, 1.807) is 12.1 Å². The Morgan fingerprint density at radius 3 is 2.62 bits per heavy atom. The topological polar surface area (TPSA) is 59.1 Å². The number of hydrogen-bond acceptors (Lipinski definition) is 3. The molecule has 0 fully saturated rings. The molecule has 0 saturated carbocycles. The number of rotatable bonds is 4. The summed E-state index contributed by atoms with van der Waals surface area (Å²) in [6, 6.07) is 6.78. The van der Waals surface area contributed by atoms with E-state index >= 15 is 0 Å². The van der Waals surface area contributed by atoms with Gasteiger partial charge in [0.2, 0.25) is 0 Å². The molecule has 2 aromatic rings. The van der Waals surface area contributed by atoms with Gasteiger partial charge in [0.1, 0.15) is 10.0 Å². The van der Waals surface area contributed by atoms with Crippen LogP contribution >= 0.6 is 43.5 Å². The number of nitrogens with zero attached hydrogens (tertiary/aromatic N) is 1. The van der Waals surface area contributed by atoms with Gasteiger partial charge in [0.05, 0.1) is 5.69 Å². The third-order valence-corrected chi connectivity index (χ3v) is 5.47. The molecule has 1 heterocycles. The molecule has 112 valence electrons. The summed E-state index contributed by atoms with van der Waals surface area (Å²) in [4.78, 5) is 3.77. The van der Waals surface area contributed by atoms with Gasteiger partial charge in [-0.1, -0.05) is 34.5 Å². The zero-order chi connectivity index (χ0) is 15.6. The van der Waals surface area contributed by atoms with Gasteiger partial charge in [-0.2, -0.15) is 0 Å². The van der Waals surface area contributed by atoms with Gasteiger partial charge in [0, 0.05) is 15.1 Å². The minimum Gasteiger partial charge on any atom is -0.279 e. The molecule has 1 N–H and O–H groups in total. The normalized spacial score (nSPS) is 11.4. The van der Waals surface area contributed by atoms with Crippen LogP contribution in [0.3, 0.4) is 0 Å². The van der Waals surface area contributed by atoms with E-state index in [1.807, 2.05) is 13.0 Å². The van der Waals surface area contributed by atoms with Crippen molar-refractivity contribution < 1.29 is 8.42 Å². The van der Waals surface area contributed by atoms with Crippen LogP contribution in [-0.4, -0.2) is 13.4 Å². The second-order valence-electron chi connectivity index (χ2n) is 4.20. The maximum Gasteiger partial charge on any atom is 0.265 e. The van der Waals surface area contributed by atoms with Crippen molar-refractivity contribution in [3.63, 3.8) is 0 Å². The minimum atomic E-state index is -3.80. The number of aromatic nitrogens is 1.